The van der Waals surface area contributed by atoms with Crippen molar-refractivity contribution in [3.05, 3.63) is 0 Å². The van der Waals surface area contributed by atoms with Crippen molar-refractivity contribution >= 4 is 0 Å². The van der Waals surface area contributed by atoms with Gasteiger partial charge in [-0.15, -0.1) is 6.42 Å². The van der Waals surface area contributed by atoms with E-state index in [4.69, 9.17) is 15.9 Å². The predicted octanol–water partition coefficient (Wildman–Crippen LogP) is 1.41. The molecule has 0 aliphatic heterocycles. The van der Waals surface area contributed by atoms with E-state index in [9.17, 15) is 0 Å². The third-order valence-corrected chi connectivity index (χ3v) is 1.14. The lowest BCUT2D eigenvalue weighted by atomic mass is 10.3. The van der Waals surface area contributed by atoms with Crippen molar-refractivity contribution in [1.29, 1.82) is 0 Å². The molecule has 0 aromatic rings. The Kier molecular flexibility index (Phi) is 6.25. The van der Waals surface area contributed by atoms with Crippen molar-refractivity contribution in [3.8, 4) is 12.3 Å². The summed E-state index contributed by atoms with van der Waals surface area (Å²) < 4.78 is 10.1. The Bertz CT molecular complexity index is 104. The Morgan fingerprint density at radius 2 is 2.30 bits per heavy atom. The van der Waals surface area contributed by atoms with Crippen molar-refractivity contribution in [3.63, 3.8) is 0 Å². The predicted molar refractivity (Wildman–Crippen MR) is 40.5 cm³/mol. The topological polar surface area (TPSA) is 18.5 Å². The van der Waals surface area contributed by atoms with Crippen LogP contribution in [-0.4, -0.2) is 20.0 Å². The molecule has 0 aromatic heterocycles. The zero-order chi connectivity index (χ0) is 7.82. The molecule has 58 valence electrons. The first kappa shape index (κ1) is 9.48. The molecule has 0 bridgehead atoms. The lowest BCUT2D eigenvalue weighted by Gasteiger charge is -2.12. The molecule has 0 radical (unpaired) electrons. The largest absolute Gasteiger partial charge is 0.356 e. The van der Waals surface area contributed by atoms with Gasteiger partial charge in [0.1, 0.15) is 6.61 Å². The van der Waals surface area contributed by atoms with Crippen LogP contribution in [0.1, 0.15) is 19.8 Å². The molecule has 0 fully saturated rings. The van der Waals surface area contributed by atoms with Gasteiger partial charge in [-0.05, 0) is 6.42 Å². The van der Waals surface area contributed by atoms with Gasteiger partial charge in [0.15, 0.2) is 6.29 Å². The molecule has 0 saturated carbocycles. The third kappa shape index (κ3) is 4.37. The molecule has 0 heterocycles. The smallest absolute Gasteiger partial charge is 0.158 e. The number of terminal acetylenes is 1. The molecule has 0 N–H and O–H groups in total. The number of hydrogen-bond donors (Lipinski definition) is 0. The Morgan fingerprint density at radius 1 is 1.60 bits per heavy atom. The Morgan fingerprint density at radius 3 is 2.70 bits per heavy atom. The summed E-state index contributed by atoms with van der Waals surface area (Å²) >= 11 is 0. The summed E-state index contributed by atoms with van der Waals surface area (Å²) in [5.74, 6) is 2.39. The van der Waals surface area contributed by atoms with Gasteiger partial charge >= 0.3 is 0 Å². The molecule has 2 heteroatoms. The van der Waals surface area contributed by atoms with Crippen molar-refractivity contribution in [2.45, 2.75) is 26.1 Å². The van der Waals surface area contributed by atoms with Crippen LogP contribution in [0.5, 0.6) is 0 Å². The molecule has 0 aliphatic rings. The van der Waals surface area contributed by atoms with Gasteiger partial charge in [-0.2, -0.15) is 0 Å². The van der Waals surface area contributed by atoms with E-state index < -0.39 is 0 Å². The maximum atomic E-state index is 5.12. The van der Waals surface area contributed by atoms with Crippen LogP contribution >= 0.6 is 0 Å². The second kappa shape index (κ2) is 6.60. The molecular weight excluding hydrogens is 128 g/mol. The number of rotatable bonds is 5. The number of hydrogen-bond acceptors (Lipinski definition) is 2. The SMILES string of the molecule is C#CCOC(CCC)OC. The van der Waals surface area contributed by atoms with Crippen molar-refractivity contribution in [2.75, 3.05) is 13.7 Å². The standard InChI is InChI=1S/C8H14O2/c1-4-6-8(9-3)10-7-5-2/h2,8H,4,6-7H2,1,3H3. The summed E-state index contributed by atoms with van der Waals surface area (Å²) in [5, 5.41) is 0. The van der Waals surface area contributed by atoms with Gasteiger partial charge in [-0.1, -0.05) is 19.3 Å². The van der Waals surface area contributed by atoms with E-state index in [1.54, 1.807) is 7.11 Å². The highest BCUT2D eigenvalue weighted by Crippen LogP contribution is 2.01. The molecule has 0 spiro atoms. The molecular formula is C8H14O2. The van der Waals surface area contributed by atoms with Crippen LogP contribution < -0.4 is 0 Å². The molecule has 0 saturated heterocycles. The summed E-state index contributed by atoms with van der Waals surface area (Å²) in [6.45, 7) is 2.41. The van der Waals surface area contributed by atoms with Crippen molar-refractivity contribution < 1.29 is 9.47 Å². The van der Waals surface area contributed by atoms with E-state index >= 15 is 0 Å². The van der Waals surface area contributed by atoms with Crippen LogP contribution in [0, 0.1) is 12.3 Å². The van der Waals surface area contributed by atoms with Gasteiger partial charge in [0.25, 0.3) is 0 Å². The van der Waals surface area contributed by atoms with Crippen molar-refractivity contribution in [1.82, 2.24) is 0 Å². The van der Waals surface area contributed by atoms with E-state index in [2.05, 4.69) is 12.8 Å². The summed E-state index contributed by atoms with van der Waals surface area (Å²) in [5.41, 5.74) is 0. The average Bonchev–Trinajstić information content (AvgIpc) is 1.98. The van der Waals surface area contributed by atoms with Gasteiger partial charge in [-0.25, -0.2) is 0 Å². The fourth-order valence-electron chi connectivity index (χ4n) is 0.646. The first-order valence-electron chi connectivity index (χ1n) is 3.43. The minimum Gasteiger partial charge on any atom is -0.356 e. The fraction of sp³-hybridized carbons (Fsp3) is 0.750. The molecule has 0 rings (SSSR count). The quantitative estimate of drug-likeness (QED) is 0.427. The highest BCUT2D eigenvalue weighted by atomic mass is 16.7. The molecule has 1 atom stereocenters. The van der Waals surface area contributed by atoms with E-state index in [0.29, 0.717) is 6.61 Å². The molecule has 0 amide bonds. The Labute approximate surface area is 62.5 Å². The third-order valence-electron chi connectivity index (χ3n) is 1.14. The van der Waals surface area contributed by atoms with E-state index in [0.717, 1.165) is 12.8 Å². The Balaban J connectivity index is 3.32. The van der Waals surface area contributed by atoms with Crippen LogP contribution in [0.15, 0.2) is 0 Å². The zero-order valence-electron chi connectivity index (χ0n) is 6.59. The van der Waals surface area contributed by atoms with Crippen LogP contribution in [0.25, 0.3) is 0 Å². The first-order valence-corrected chi connectivity index (χ1v) is 3.43. The Hall–Kier alpha value is -0.520. The van der Waals surface area contributed by atoms with Gasteiger partial charge in [0, 0.05) is 7.11 Å². The maximum Gasteiger partial charge on any atom is 0.158 e. The summed E-state index contributed by atoms with van der Waals surface area (Å²) in [7, 11) is 1.62. The van der Waals surface area contributed by atoms with Crippen molar-refractivity contribution in [2.24, 2.45) is 0 Å². The molecule has 0 aliphatic carbocycles. The normalized spacial score (nSPS) is 12.5. The second-order valence-corrected chi connectivity index (χ2v) is 1.97. The lowest BCUT2D eigenvalue weighted by molar-refractivity contribution is -0.117. The molecule has 1 unspecified atom stereocenters. The summed E-state index contributed by atoms with van der Waals surface area (Å²) in [6, 6.07) is 0. The van der Waals surface area contributed by atoms with Crippen LogP contribution in [0.2, 0.25) is 0 Å². The summed E-state index contributed by atoms with van der Waals surface area (Å²) in [6.07, 6.45) is 6.82. The van der Waals surface area contributed by atoms with Gasteiger partial charge in [-0.3, -0.25) is 0 Å². The average molecular weight is 142 g/mol. The lowest BCUT2D eigenvalue weighted by Crippen LogP contribution is -2.14. The van der Waals surface area contributed by atoms with Crippen LogP contribution in [0.3, 0.4) is 0 Å². The molecule has 0 aromatic carbocycles. The molecule has 2 nitrogen and oxygen atoms in total. The fourth-order valence-corrected chi connectivity index (χ4v) is 0.646. The number of ether oxygens (including phenoxy) is 2. The van der Waals surface area contributed by atoms with Gasteiger partial charge < -0.3 is 9.47 Å². The first-order chi connectivity index (χ1) is 4.85. The van der Waals surface area contributed by atoms with Crippen LogP contribution in [-0.2, 0) is 9.47 Å². The van der Waals surface area contributed by atoms with E-state index in [-0.39, 0.29) is 6.29 Å². The van der Waals surface area contributed by atoms with E-state index in [1.165, 1.54) is 0 Å². The minimum atomic E-state index is -0.124. The number of methoxy groups -OCH3 is 1. The highest BCUT2D eigenvalue weighted by Gasteiger charge is 2.02. The van der Waals surface area contributed by atoms with E-state index in [1.807, 2.05) is 0 Å². The van der Waals surface area contributed by atoms with Gasteiger partial charge in [0.2, 0.25) is 0 Å². The second-order valence-electron chi connectivity index (χ2n) is 1.97. The van der Waals surface area contributed by atoms with Crippen LogP contribution in [0.4, 0.5) is 0 Å². The minimum absolute atomic E-state index is 0.124. The zero-order valence-corrected chi connectivity index (χ0v) is 6.59. The summed E-state index contributed by atoms with van der Waals surface area (Å²) in [4.78, 5) is 0. The maximum absolute atomic E-state index is 5.12. The monoisotopic (exact) mass is 142 g/mol. The highest BCUT2D eigenvalue weighted by molar-refractivity contribution is 4.82. The van der Waals surface area contributed by atoms with Gasteiger partial charge in [0.05, 0.1) is 0 Å². The molecule has 10 heavy (non-hydrogen) atoms.